The third-order valence-corrected chi connectivity index (χ3v) is 4.20. The average molecular weight is 311 g/mol. The molecule has 0 atom stereocenters. The van der Waals surface area contributed by atoms with Gasteiger partial charge in [-0.2, -0.15) is 0 Å². The van der Waals surface area contributed by atoms with Crippen molar-refractivity contribution >= 4 is 21.8 Å². The zero-order valence-electron chi connectivity index (χ0n) is 10.7. The zero-order valence-corrected chi connectivity index (χ0v) is 12.3. The van der Waals surface area contributed by atoms with E-state index in [-0.39, 0.29) is 11.3 Å². The van der Waals surface area contributed by atoms with Crippen molar-refractivity contribution in [3.8, 4) is 0 Å². The van der Waals surface area contributed by atoms with Gasteiger partial charge in [-0.05, 0) is 46.3 Å². The predicted molar refractivity (Wildman–Crippen MR) is 75.5 cm³/mol. The Morgan fingerprint density at radius 2 is 2.11 bits per heavy atom. The molecule has 1 aromatic rings. The molecule has 0 aromatic carbocycles. The Morgan fingerprint density at radius 1 is 1.39 bits per heavy atom. The minimum absolute atomic E-state index is 0.0261. The summed E-state index contributed by atoms with van der Waals surface area (Å²) in [5, 5.41) is 3.03. The van der Waals surface area contributed by atoms with Crippen molar-refractivity contribution in [3.05, 3.63) is 28.5 Å². The van der Waals surface area contributed by atoms with Gasteiger partial charge in [-0.1, -0.05) is 26.2 Å². The monoisotopic (exact) mass is 310 g/mol. The van der Waals surface area contributed by atoms with Gasteiger partial charge in [-0.25, -0.2) is 4.98 Å². The molecule has 0 unspecified atom stereocenters. The SMILES string of the molecule is CC1(CNC(=O)c2ccc(Br)nc2)CCCCC1. The van der Waals surface area contributed by atoms with Crippen molar-refractivity contribution in [2.24, 2.45) is 5.41 Å². The van der Waals surface area contributed by atoms with Crippen molar-refractivity contribution in [1.82, 2.24) is 10.3 Å². The van der Waals surface area contributed by atoms with Gasteiger partial charge in [-0.3, -0.25) is 4.79 Å². The number of hydrogen-bond acceptors (Lipinski definition) is 2. The van der Waals surface area contributed by atoms with Crippen LogP contribution in [0, 0.1) is 5.41 Å². The maximum absolute atomic E-state index is 12.0. The van der Waals surface area contributed by atoms with Crippen LogP contribution < -0.4 is 5.32 Å². The highest BCUT2D eigenvalue weighted by molar-refractivity contribution is 9.10. The maximum Gasteiger partial charge on any atom is 0.252 e. The van der Waals surface area contributed by atoms with Crippen LogP contribution in [0.1, 0.15) is 49.4 Å². The number of nitrogens with one attached hydrogen (secondary N) is 1. The Balaban J connectivity index is 1.89. The third kappa shape index (κ3) is 3.55. The molecule has 1 saturated carbocycles. The summed E-state index contributed by atoms with van der Waals surface area (Å²) in [6.45, 7) is 3.04. The van der Waals surface area contributed by atoms with Crippen LogP contribution >= 0.6 is 15.9 Å². The lowest BCUT2D eigenvalue weighted by Gasteiger charge is -2.33. The molecule has 1 N–H and O–H groups in total. The number of nitrogens with zero attached hydrogens (tertiary/aromatic N) is 1. The Hall–Kier alpha value is -0.900. The standard InChI is InChI=1S/C14H19BrN2O/c1-14(7-3-2-4-8-14)10-17-13(18)11-5-6-12(15)16-9-11/h5-6,9H,2-4,7-8,10H2,1H3,(H,17,18). The first-order valence-corrected chi connectivity index (χ1v) is 7.28. The molecule has 3 nitrogen and oxygen atoms in total. The van der Waals surface area contributed by atoms with Gasteiger partial charge >= 0.3 is 0 Å². The summed E-state index contributed by atoms with van der Waals surface area (Å²) in [6.07, 6.45) is 7.93. The van der Waals surface area contributed by atoms with E-state index in [9.17, 15) is 4.79 Å². The first kappa shape index (κ1) is 13.5. The molecule has 1 amide bonds. The van der Waals surface area contributed by atoms with Crippen LogP contribution in [0.2, 0.25) is 0 Å². The number of halogens is 1. The van der Waals surface area contributed by atoms with Gasteiger partial charge in [0.05, 0.1) is 5.56 Å². The van der Waals surface area contributed by atoms with Crippen LogP contribution in [-0.4, -0.2) is 17.4 Å². The van der Waals surface area contributed by atoms with Gasteiger partial charge in [0.1, 0.15) is 4.60 Å². The van der Waals surface area contributed by atoms with Gasteiger partial charge in [0.25, 0.3) is 5.91 Å². The van der Waals surface area contributed by atoms with Crippen LogP contribution in [0.4, 0.5) is 0 Å². The van der Waals surface area contributed by atoms with E-state index in [2.05, 4.69) is 33.2 Å². The predicted octanol–water partition coefficient (Wildman–Crippen LogP) is 3.54. The van der Waals surface area contributed by atoms with Gasteiger partial charge < -0.3 is 5.32 Å². The molecule has 1 fully saturated rings. The first-order valence-electron chi connectivity index (χ1n) is 6.49. The molecule has 0 radical (unpaired) electrons. The number of carbonyl (C=O) groups is 1. The molecule has 1 aliphatic carbocycles. The number of hydrogen-bond donors (Lipinski definition) is 1. The Labute approximate surface area is 117 Å². The second-order valence-electron chi connectivity index (χ2n) is 5.42. The van der Waals surface area contributed by atoms with Gasteiger partial charge in [0.2, 0.25) is 0 Å². The second-order valence-corrected chi connectivity index (χ2v) is 6.24. The number of aromatic nitrogens is 1. The molecule has 2 rings (SSSR count). The lowest BCUT2D eigenvalue weighted by Crippen LogP contribution is -2.37. The molecule has 1 aromatic heterocycles. The molecule has 4 heteroatoms. The Bertz CT molecular complexity index is 410. The van der Waals surface area contributed by atoms with E-state index in [4.69, 9.17) is 0 Å². The van der Waals surface area contributed by atoms with E-state index >= 15 is 0 Å². The molecule has 18 heavy (non-hydrogen) atoms. The fourth-order valence-corrected chi connectivity index (χ4v) is 2.72. The van der Waals surface area contributed by atoms with Crippen LogP contribution in [0.3, 0.4) is 0 Å². The Kier molecular flexibility index (Phi) is 4.38. The molecule has 1 aliphatic rings. The summed E-state index contributed by atoms with van der Waals surface area (Å²) in [7, 11) is 0. The number of pyridine rings is 1. The Morgan fingerprint density at radius 3 is 2.72 bits per heavy atom. The molecule has 1 heterocycles. The quantitative estimate of drug-likeness (QED) is 0.868. The minimum Gasteiger partial charge on any atom is -0.351 e. The number of rotatable bonds is 3. The van der Waals surface area contributed by atoms with Crippen LogP contribution in [0.5, 0.6) is 0 Å². The molecule has 0 saturated heterocycles. The molecule has 0 spiro atoms. The van der Waals surface area contributed by atoms with Crippen molar-refractivity contribution in [2.45, 2.75) is 39.0 Å². The van der Waals surface area contributed by atoms with Crippen molar-refractivity contribution in [1.29, 1.82) is 0 Å². The molecule has 98 valence electrons. The highest BCUT2D eigenvalue weighted by atomic mass is 79.9. The molecule has 0 bridgehead atoms. The second kappa shape index (κ2) is 5.83. The summed E-state index contributed by atoms with van der Waals surface area (Å²) in [5.74, 6) is -0.0261. The topological polar surface area (TPSA) is 42.0 Å². The third-order valence-electron chi connectivity index (χ3n) is 3.73. The zero-order chi connectivity index (χ0) is 13.0. The lowest BCUT2D eigenvalue weighted by atomic mass is 9.76. The van der Waals surface area contributed by atoms with Gasteiger partial charge in [0, 0.05) is 12.7 Å². The molecular weight excluding hydrogens is 292 g/mol. The van der Waals surface area contributed by atoms with E-state index in [1.165, 1.54) is 32.1 Å². The lowest BCUT2D eigenvalue weighted by molar-refractivity contribution is 0.0919. The highest BCUT2D eigenvalue weighted by Gasteiger charge is 2.27. The summed E-state index contributed by atoms with van der Waals surface area (Å²) in [4.78, 5) is 16.0. The molecular formula is C14H19BrN2O. The smallest absolute Gasteiger partial charge is 0.252 e. The fraction of sp³-hybridized carbons (Fsp3) is 0.571. The van der Waals surface area contributed by atoms with E-state index in [1.54, 1.807) is 18.3 Å². The largest absolute Gasteiger partial charge is 0.351 e. The average Bonchev–Trinajstić information content (AvgIpc) is 2.38. The van der Waals surface area contributed by atoms with E-state index in [0.29, 0.717) is 5.56 Å². The number of amides is 1. The summed E-state index contributed by atoms with van der Waals surface area (Å²) in [5.41, 5.74) is 0.897. The first-order chi connectivity index (χ1) is 8.59. The van der Waals surface area contributed by atoms with Crippen LogP contribution in [0.25, 0.3) is 0 Å². The van der Waals surface area contributed by atoms with Gasteiger partial charge in [0.15, 0.2) is 0 Å². The maximum atomic E-state index is 12.0. The minimum atomic E-state index is -0.0261. The van der Waals surface area contributed by atoms with Gasteiger partial charge in [-0.15, -0.1) is 0 Å². The van der Waals surface area contributed by atoms with E-state index < -0.39 is 0 Å². The summed E-state index contributed by atoms with van der Waals surface area (Å²) < 4.78 is 0.748. The molecule has 0 aliphatic heterocycles. The van der Waals surface area contributed by atoms with Crippen molar-refractivity contribution in [2.75, 3.05) is 6.54 Å². The summed E-state index contributed by atoms with van der Waals surface area (Å²) in [6, 6.07) is 3.58. The highest BCUT2D eigenvalue weighted by Crippen LogP contribution is 2.34. The normalized spacial score (nSPS) is 18.3. The number of carbonyl (C=O) groups excluding carboxylic acids is 1. The van der Waals surface area contributed by atoms with E-state index in [1.807, 2.05) is 0 Å². The van der Waals surface area contributed by atoms with Crippen molar-refractivity contribution < 1.29 is 4.79 Å². The van der Waals surface area contributed by atoms with Crippen LogP contribution in [-0.2, 0) is 0 Å². The fourth-order valence-electron chi connectivity index (χ4n) is 2.49. The van der Waals surface area contributed by atoms with E-state index in [0.717, 1.165) is 11.1 Å². The van der Waals surface area contributed by atoms with Crippen molar-refractivity contribution in [3.63, 3.8) is 0 Å². The van der Waals surface area contributed by atoms with Crippen LogP contribution in [0.15, 0.2) is 22.9 Å². The summed E-state index contributed by atoms with van der Waals surface area (Å²) >= 11 is 3.26.